The summed E-state index contributed by atoms with van der Waals surface area (Å²) < 4.78 is 10.7. The Kier molecular flexibility index (Phi) is 4.80. The summed E-state index contributed by atoms with van der Waals surface area (Å²) in [6.45, 7) is 2.21. The van der Waals surface area contributed by atoms with Crippen LogP contribution in [0.15, 0.2) is 47.2 Å². The number of amides is 1. The van der Waals surface area contributed by atoms with E-state index in [1.54, 1.807) is 11.3 Å². The Morgan fingerprint density at radius 3 is 2.96 bits per heavy atom. The molecule has 1 aromatic carbocycles. The van der Waals surface area contributed by atoms with Crippen molar-refractivity contribution < 1.29 is 19.2 Å². The molecule has 3 aromatic rings. The lowest BCUT2D eigenvalue weighted by Crippen LogP contribution is -3.14. The van der Waals surface area contributed by atoms with Gasteiger partial charge in [0.05, 0.1) is 11.4 Å². The van der Waals surface area contributed by atoms with Gasteiger partial charge in [-0.1, -0.05) is 12.1 Å². The van der Waals surface area contributed by atoms with E-state index in [4.69, 9.17) is 9.47 Å². The number of hydrogen-bond donors (Lipinski definition) is 2. The van der Waals surface area contributed by atoms with Crippen molar-refractivity contribution in [2.45, 2.75) is 19.0 Å². The second-order valence-corrected chi connectivity index (χ2v) is 9.03. The van der Waals surface area contributed by atoms with Crippen LogP contribution >= 0.6 is 22.7 Å². The van der Waals surface area contributed by atoms with Crippen molar-refractivity contribution in [2.75, 3.05) is 19.9 Å². The summed E-state index contributed by atoms with van der Waals surface area (Å²) in [5, 5.41) is 7.36. The molecule has 5 rings (SSSR count). The Morgan fingerprint density at radius 2 is 2.07 bits per heavy atom. The molecule has 0 saturated heterocycles. The molecule has 1 unspecified atom stereocenters. The number of rotatable bonds is 5. The van der Waals surface area contributed by atoms with Crippen LogP contribution in [0.3, 0.4) is 0 Å². The molecule has 0 radical (unpaired) electrons. The van der Waals surface area contributed by atoms with Gasteiger partial charge in [0.2, 0.25) is 6.79 Å². The van der Waals surface area contributed by atoms with Gasteiger partial charge in [-0.15, -0.1) is 22.7 Å². The van der Waals surface area contributed by atoms with Gasteiger partial charge < -0.3 is 19.7 Å². The fourth-order valence-electron chi connectivity index (χ4n) is 3.97. The minimum atomic E-state index is 0.0768. The summed E-state index contributed by atoms with van der Waals surface area (Å²) in [5.74, 6) is 1.59. The summed E-state index contributed by atoms with van der Waals surface area (Å²) in [6.07, 6.45) is 1.04. The van der Waals surface area contributed by atoms with E-state index in [9.17, 15) is 4.79 Å². The van der Waals surface area contributed by atoms with Gasteiger partial charge in [0.25, 0.3) is 5.91 Å². The zero-order valence-electron chi connectivity index (χ0n) is 15.3. The van der Waals surface area contributed by atoms with Gasteiger partial charge in [-0.2, -0.15) is 0 Å². The summed E-state index contributed by atoms with van der Waals surface area (Å²) in [7, 11) is 0. The predicted molar refractivity (Wildman–Crippen MR) is 109 cm³/mol. The molecule has 144 valence electrons. The van der Waals surface area contributed by atoms with Crippen LogP contribution in [-0.2, 0) is 17.8 Å². The van der Waals surface area contributed by atoms with Gasteiger partial charge in [-0.05, 0) is 40.6 Å². The number of carbonyl (C=O) groups is 1. The fourth-order valence-corrected chi connectivity index (χ4v) is 5.79. The van der Waals surface area contributed by atoms with Gasteiger partial charge >= 0.3 is 0 Å². The fraction of sp³-hybridized carbons (Fsp3) is 0.286. The molecule has 2 atom stereocenters. The minimum Gasteiger partial charge on any atom is -0.454 e. The highest BCUT2D eigenvalue weighted by atomic mass is 32.1. The molecule has 2 aliphatic heterocycles. The van der Waals surface area contributed by atoms with Crippen LogP contribution in [0.4, 0.5) is 0 Å². The predicted octanol–water partition coefficient (Wildman–Crippen LogP) is 2.39. The summed E-state index contributed by atoms with van der Waals surface area (Å²) in [6, 6.07) is 12.6. The topological polar surface area (TPSA) is 52.0 Å². The molecule has 4 heterocycles. The third-order valence-corrected chi connectivity index (χ3v) is 7.25. The van der Waals surface area contributed by atoms with E-state index >= 15 is 0 Å². The maximum Gasteiger partial charge on any atom is 0.275 e. The third kappa shape index (κ3) is 3.41. The first-order chi connectivity index (χ1) is 13.8. The minimum absolute atomic E-state index is 0.0768. The van der Waals surface area contributed by atoms with Crippen LogP contribution in [-0.4, -0.2) is 25.8 Å². The molecule has 0 aliphatic carbocycles. The first-order valence-corrected chi connectivity index (χ1v) is 11.1. The Hall–Kier alpha value is -2.35. The Labute approximate surface area is 171 Å². The lowest BCUT2D eigenvalue weighted by Gasteiger charge is -2.31. The lowest BCUT2D eigenvalue weighted by atomic mass is 9.98. The third-order valence-electron chi connectivity index (χ3n) is 5.31. The van der Waals surface area contributed by atoms with Crippen molar-refractivity contribution in [3.8, 4) is 11.5 Å². The van der Waals surface area contributed by atoms with Crippen LogP contribution < -0.4 is 19.7 Å². The van der Waals surface area contributed by atoms with Crippen molar-refractivity contribution in [1.29, 1.82) is 0 Å². The standard InChI is InChI=1S/C21H20N2O3S2/c24-20(22-11-14-3-4-16-17(10-14)26-13-25-16)12-23-7-5-18-15(6-9-28-18)21(23)19-2-1-8-27-19/h1-4,6,8-10,21H,5,7,11-13H2,(H,22,24)/p+1/t21-/m0/s1. The molecule has 0 fully saturated rings. The maximum atomic E-state index is 12.7. The monoisotopic (exact) mass is 413 g/mol. The summed E-state index contributed by atoms with van der Waals surface area (Å²) >= 11 is 3.61. The van der Waals surface area contributed by atoms with E-state index in [0.29, 0.717) is 13.1 Å². The van der Waals surface area contributed by atoms with E-state index in [0.717, 1.165) is 30.0 Å². The molecule has 0 spiro atoms. The number of hydrogen-bond acceptors (Lipinski definition) is 5. The smallest absolute Gasteiger partial charge is 0.275 e. The second-order valence-electron chi connectivity index (χ2n) is 7.05. The molecule has 7 heteroatoms. The number of benzene rings is 1. The number of ether oxygens (including phenoxy) is 2. The highest BCUT2D eigenvalue weighted by Gasteiger charge is 2.35. The number of thiophene rings is 2. The normalized spacial score (nSPS) is 20.0. The quantitative estimate of drug-likeness (QED) is 0.675. The van der Waals surface area contributed by atoms with E-state index in [-0.39, 0.29) is 18.7 Å². The van der Waals surface area contributed by atoms with Crippen LogP contribution in [0.5, 0.6) is 11.5 Å². The Bertz CT molecular complexity index is 983. The first-order valence-electron chi connectivity index (χ1n) is 9.37. The lowest BCUT2D eigenvalue weighted by molar-refractivity contribution is -0.919. The highest BCUT2D eigenvalue weighted by molar-refractivity contribution is 7.10. The van der Waals surface area contributed by atoms with Crippen molar-refractivity contribution >= 4 is 28.6 Å². The van der Waals surface area contributed by atoms with Crippen molar-refractivity contribution in [2.24, 2.45) is 0 Å². The average molecular weight is 414 g/mol. The molecule has 0 bridgehead atoms. The van der Waals surface area contributed by atoms with Crippen LogP contribution in [0.25, 0.3) is 0 Å². The zero-order valence-corrected chi connectivity index (χ0v) is 16.9. The zero-order chi connectivity index (χ0) is 18.9. The Balaban J connectivity index is 1.26. The maximum absolute atomic E-state index is 12.7. The van der Waals surface area contributed by atoms with Crippen molar-refractivity contribution in [3.63, 3.8) is 0 Å². The van der Waals surface area contributed by atoms with E-state index in [1.165, 1.54) is 20.2 Å². The molecule has 28 heavy (non-hydrogen) atoms. The second kappa shape index (κ2) is 7.58. The SMILES string of the molecule is O=C(C[NH+]1CCc2sccc2[C@H]1c1cccs1)NCc1ccc2c(c1)OCO2. The van der Waals surface area contributed by atoms with E-state index in [1.807, 2.05) is 29.5 Å². The van der Waals surface area contributed by atoms with Gasteiger partial charge in [-0.3, -0.25) is 4.79 Å². The van der Waals surface area contributed by atoms with E-state index < -0.39 is 0 Å². The molecule has 5 nitrogen and oxygen atoms in total. The number of nitrogens with one attached hydrogen (secondary N) is 2. The van der Waals surface area contributed by atoms with Gasteiger partial charge in [-0.25, -0.2) is 0 Å². The highest BCUT2D eigenvalue weighted by Crippen LogP contribution is 2.33. The van der Waals surface area contributed by atoms with Crippen LogP contribution in [0.1, 0.15) is 26.9 Å². The van der Waals surface area contributed by atoms with Crippen molar-refractivity contribution in [1.82, 2.24) is 5.32 Å². The summed E-state index contributed by atoms with van der Waals surface area (Å²) in [5.41, 5.74) is 2.40. The van der Waals surface area contributed by atoms with Gasteiger partial charge in [0, 0.05) is 23.4 Å². The molecule has 0 saturated carbocycles. The molecular formula is C21H21N2O3S2+. The van der Waals surface area contributed by atoms with Gasteiger partial charge in [0.1, 0.15) is 6.04 Å². The molecular weight excluding hydrogens is 392 g/mol. The van der Waals surface area contributed by atoms with Gasteiger partial charge in [0.15, 0.2) is 18.0 Å². The number of quaternary nitrogens is 1. The average Bonchev–Trinajstić information content (AvgIpc) is 3.46. The number of carbonyl (C=O) groups excluding carboxylic acids is 1. The largest absolute Gasteiger partial charge is 0.454 e. The Morgan fingerprint density at radius 1 is 1.14 bits per heavy atom. The van der Waals surface area contributed by atoms with Crippen molar-refractivity contribution in [3.05, 3.63) is 68.0 Å². The van der Waals surface area contributed by atoms with Crippen LogP contribution in [0, 0.1) is 0 Å². The van der Waals surface area contributed by atoms with Crippen LogP contribution in [0.2, 0.25) is 0 Å². The molecule has 2 aromatic heterocycles. The number of fused-ring (bicyclic) bond motifs is 2. The molecule has 2 aliphatic rings. The van der Waals surface area contributed by atoms with E-state index in [2.05, 4.69) is 34.3 Å². The molecule has 2 N–H and O–H groups in total. The summed E-state index contributed by atoms with van der Waals surface area (Å²) in [4.78, 5) is 16.8. The molecule has 1 amide bonds. The first kappa shape index (κ1) is 17.7.